The molecular formula is C32H43N3O5S. The van der Waals surface area contributed by atoms with Crippen LogP contribution in [0.5, 0.6) is 5.75 Å². The quantitative estimate of drug-likeness (QED) is 0.469. The van der Waals surface area contributed by atoms with Gasteiger partial charge < -0.3 is 24.5 Å². The van der Waals surface area contributed by atoms with Crippen LogP contribution >= 0.6 is 11.8 Å². The van der Waals surface area contributed by atoms with Crippen molar-refractivity contribution in [3.63, 3.8) is 0 Å². The average Bonchev–Trinajstić information content (AvgIpc) is 3.19. The monoisotopic (exact) mass is 581 g/mol. The maximum absolute atomic E-state index is 14.7. The van der Waals surface area contributed by atoms with Gasteiger partial charge in [0, 0.05) is 29.6 Å². The predicted molar refractivity (Wildman–Crippen MR) is 162 cm³/mol. The minimum absolute atomic E-state index is 0.0554. The Morgan fingerprint density at radius 1 is 0.976 bits per heavy atom. The number of aliphatic hydroxyl groups is 1. The summed E-state index contributed by atoms with van der Waals surface area (Å²) in [6.07, 6.45) is 8.68. The molecule has 41 heavy (non-hydrogen) atoms. The van der Waals surface area contributed by atoms with Gasteiger partial charge in [0.1, 0.15) is 11.8 Å². The standard InChI is InChI=1S/C32H43N3O5S/c1-7-40-24-12-10-22(11-13-24)34-17-8-14-31(6)25(28(34)37)26-29(38)35(23(19-36)18-20(2)3)27-30(39)33(21(4)5)16-9-15-32(26,27)41-31/h8-15,20-21,23,25-27,36H,7,16-19H2,1-6H3/t23-,25-,26+,27?,31+,32+/m1/s1. The van der Waals surface area contributed by atoms with Gasteiger partial charge in [0.15, 0.2) is 0 Å². The van der Waals surface area contributed by atoms with Gasteiger partial charge in [-0.2, -0.15) is 0 Å². The smallest absolute Gasteiger partial charge is 0.247 e. The summed E-state index contributed by atoms with van der Waals surface area (Å²) in [4.78, 5) is 48.8. The van der Waals surface area contributed by atoms with Gasteiger partial charge in [-0.1, -0.05) is 38.2 Å². The molecule has 9 heteroatoms. The summed E-state index contributed by atoms with van der Waals surface area (Å²) in [5.74, 6) is -0.929. The number of aliphatic hydroxyl groups excluding tert-OH is 1. The van der Waals surface area contributed by atoms with Gasteiger partial charge in [-0.05, 0) is 64.3 Å². The maximum Gasteiger partial charge on any atom is 0.247 e. The van der Waals surface area contributed by atoms with Gasteiger partial charge >= 0.3 is 0 Å². The second kappa shape index (κ2) is 11.1. The molecule has 1 spiro atoms. The van der Waals surface area contributed by atoms with Crippen LogP contribution in [-0.4, -0.2) is 86.6 Å². The average molecular weight is 582 g/mol. The largest absolute Gasteiger partial charge is 0.494 e. The Hall–Kier alpha value is -2.78. The van der Waals surface area contributed by atoms with Gasteiger partial charge in [-0.25, -0.2) is 0 Å². The van der Waals surface area contributed by atoms with Gasteiger partial charge in [0.25, 0.3) is 0 Å². The summed E-state index contributed by atoms with van der Waals surface area (Å²) < 4.78 is 3.98. The van der Waals surface area contributed by atoms with Crippen molar-refractivity contribution in [3.05, 3.63) is 48.6 Å². The number of benzene rings is 1. The third kappa shape index (κ3) is 4.79. The van der Waals surface area contributed by atoms with Crippen LogP contribution in [0, 0.1) is 17.8 Å². The van der Waals surface area contributed by atoms with Crippen LogP contribution in [0.4, 0.5) is 5.69 Å². The first-order chi connectivity index (χ1) is 19.5. The molecule has 2 saturated heterocycles. The van der Waals surface area contributed by atoms with Crippen LogP contribution < -0.4 is 9.64 Å². The number of thioether (sulfide) groups is 1. The molecule has 1 unspecified atom stereocenters. The number of carbonyl (C=O) groups is 3. The second-order valence-corrected chi connectivity index (χ2v) is 14.3. The molecular weight excluding hydrogens is 538 g/mol. The van der Waals surface area contributed by atoms with Gasteiger partial charge in [-0.3, -0.25) is 14.4 Å². The van der Waals surface area contributed by atoms with E-state index >= 15 is 0 Å². The number of anilines is 1. The molecule has 1 aromatic carbocycles. The Balaban J connectivity index is 1.62. The zero-order valence-electron chi connectivity index (χ0n) is 24.9. The fourth-order valence-corrected chi connectivity index (χ4v) is 9.42. The van der Waals surface area contributed by atoms with Crippen LogP contribution in [0.15, 0.2) is 48.6 Å². The third-order valence-corrected chi connectivity index (χ3v) is 10.8. The number of likely N-dealkylation sites (tertiary alicyclic amines) is 1. The summed E-state index contributed by atoms with van der Waals surface area (Å²) >= 11 is 1.57. The van der Waals surface area contributed by atoms with Crippen LogP contribution in [0.25, 0.3) is 0 Å². The van der Waals surface area contributed by atoms with Crippen molar-refractivity contribution in [3.8, 4) is 5.75 Å². The predicted octanol–water partition coefficient (Wildman–Crippen LogP) is 3.89. The molecule has 6 atom stereocenters. The van der Waals surface area contributed by atoms with Crippen molar-refractivity contribution >= 4 is 35.2 Å². The van der Waals surface area contributed by atoms with E-state index in [0.29, 0.717) is 26.1 Å². The number of amides is 3. The number of hydrogen-bond acceptors (Lipinski definition) is 6. The van der Waals surface area contributed by atoms with E-state index in [9.17, 15) is 19.5 Å². The van der Waals surface area contributed by atoms with Crippen molar-refractivity contribution in [1.82, 2.24) is 9.80 Å². The highest BCUT2D eigenvalue weighted by atomic mass is 32.2. The van der Waals surface area contributed by atoms with E-state index in [1.807, 2.05) is 75.1 Å². The highest BCUT2D eigenvalue weighted by Crippen LogP contribution is 2.66. The number of fused-ring (bicyclic) bond motifs is 2. The van der Waals surface area contributed by atoms with Crippen molar-refractivity contribution in [2.45, 2.75) is 75.6 Å². The maximum atomic E-state index is 14.7. The normalized spacial score (nSPS) is 31.9. The minimum Gasteiger partial charge on any atom is -0.494 e. The highest BCUT2D eigenvalue weighted by molar-refractivity contribution is 8.02. The summed E-state index contributed by atoms with van der Waals surface area (Å²) in [5, 5.41) is 10.5. The number of carbonyl (C=O) groups excluding carboxylic acids is 3. The molecule has 0 radical (unpaired) electrons. The Morgan fingerprint density at radius 2 is 1.66 bits per heavy atom. The molecule has 4 aliphatic rings. The molecule has 1 aromatic rings. The van der Waals surface area contributed by atoms with Crippen molar-refractivity contribution in [2.24, 2.45) is 17.8 Å². The molecule has 4 heterocycles. The molecule has 5 rings (SSSR count). The topological polar surface area (TPSA) is 90.4 Å². The Bertz CT molecular complexity index is 1250. The molecule has 4 aliphatic heterocycles. The van der Waals surface area contributed by atoms with Gasteiger partial charge in [0.2, 0.25) is 17.7 Å². The fourth-order valence-electron chi connectivity index (χ4n) is 7.28. The minimum atomic E-state index is -0.927. The van der Waals surface area contributed by atoms with Gasteiger partial charge in [-0.15, -0.1) is 11.8 Å². The molecule has 3 amide bonds. The lowest BCUT2D eigenvalue weighted by Crippen LogP contribution is -2.57. The summed E-state index contributed by atoms with van der Waals surface area (Å²) in [6, 6.07) is 6.10. The second-order valence-electron chi connectivity index (χ2n) is 12.5. The lowest BCUT2D eigenvalue weighted by atomic mass is 9.74. The zero-order valence-corrected chi connectivity index (χ0v) is 25.8. The Kier molecular flexibility index (Phi) is 8.07. The molecule has 1 N–H and O–H groups in total. The molecule has 0 saturated carbocycles. The number of nitrogens with zero attached hydrogens (tertiary/aromatic N) is 3. The Morgan fingerprint density at radius 3 is 2.27 bits per heavy atom. The first kappa shape index (κ1) is 29.7. The van der Waals surface area contributed by atoms with Crippen molar-refractivity contribution in [2.75, 3.05) is 31.2 Å². The van der Waals surface area contributed by atoms with E-state index in [0.717, 1.165) is 11.4 Å². The first-order valence-electron chi connectivity index (χ1n) is 14.8. The number of rotatable bonds is 8. The van der Waals surface area contributed by atoms with Gasteiger partial charge in [0.05, 0.1) is 35.8 Å². The number of hydrogen-bond donors (Lipinski definition) is 1. The molecule has 0 aromatic heterocycles. The third-order valence-electron chi connectivity index (χ3n) is 8.96. The molecule has 0 aliphatic carbocycles. The van der Waals surface area contributed by atoms with Crippen LogP contribution in [0.2, 0.25) is 0 Å². The van der Waals surface area contributed by atoms with Crippen molar-refractivity contribution < 1.29 is 24.2 Å². The lowest BCUT2D eigenvalue weighted by Gasteiger charge is -2.40. The van der Waals surface area contributed by atoms with E-state index in [1.54, 1.807) is 21.6 Å². The molecule has 222 valence electrons. The highest BCUT2D eigenvalue weighted by Gasteiger charge is 2.74. The molecule has 0 bridgehead atoms. The zero-order chi connectivity index (χ0) is 29.7. The number of ether oxygens (including phenoxy) is 1. The molecule has 8 nitrogen and oxygen atoms in total. The van der Waals surface area contributed by atoms with Crippen LogP contribution in [0.3, 0.4) is 0 Å². The van der Waals surface area contributed by atoms with E-state index in [1.165, 1.54) is 0 Å². The lowest BCUT2D eigenvalue weighted by molar-refractivity contribution is -0.146. The van der Waals surface area contributed by atoms with E-state index in [2.05, 4.69) is 19.9 Å². The SMILES string of the molecule is CCOc1ccc(N2CC=C[C@]3(C)S[C@]45C=CCN(C(C)C)C(=O)C4N([C@@H](CO)CC(C)C)C(=O)[C@@H]5[C@@H]3C2=O)cc1. The fraction of sp³-hybridized carbons (Fsp3) is 0.594. The molecule has 2 fully saturated rings. The summed E-state index contributed by atoms with van der Waals surface area (Å²) in [6.45, 7) is 13.2. The Labute approximate surface area is 247 Å². The van der Waals surface area contributed by atoms with Crippen LogP contribution in [-0.2, 0) is 14.4 Å². The summed E-state index contributed by atoms with van der Waals surface area (Å²) in [7, 11) is 0. The van der Waals surface area contributed by atoms with Crippen molar-refractivity contribution in [1.29, 1.82) is 0 Å². The van der Waals surface area contributed by atoms with E-state index in [-0.39, 0.29) is 36.3 Å². The van der Waals surface area contributed by atoms with E-state index in [4.69, 9.17) is 4.74 Å². The van der Waals surface area contributed by atoms with Crippen LogP contribution in [0.1, 0.15) is 48.0 Å². The first-order valence-corrected chi connectivity index (χ1v) is 15.6. The van der Waals surface area contributed by atoms with E-state index < -0.39 is 33.4 Å². The summed E-state index contributed by atoms with van der Waals surface area (Å²) in [5.41, 5.74) is 0.740.